The molecule has 25 heavy (non-hydrogen) atoms. The molecule has 0 saturated carbocycles. The molecule has 2 heteroatoms. The van der Waals surface area contributed by atoms with Gasteiger partial charge in [-0.2, -0.15) is 0 Å². The highest BCUT2D eigenvalue weighted by Crippen LogP contribution is 2.28. The molecule has 116 valence electrons. The summed E-state index contributed by atoms with van der Waals surface area (Å²) in [6, 6.07) is 30.2. The predicted octanol–water partition coefficient (Wildman–Crippen LogP) is 5.95. The standard InChI is InChI=1S/C23H14N2/c1-2-6-16-14-21-19(11-15(16)5-1)12-18-9-10-20-13-17-7-3-4-8-22(17)25(20)23(18)24-21/h1-14H. The molecule has 0 aliphatic rings. The molecule has 3 heterocycles. The summed E-state index contributed by atoms with van der Waals surface area (Å²) in [6.45, 7) is 0. The topological polar surface area (TPSA) is 17.3 Å². The van der Waals surface area contributed by atoms with Crippen LogP contribution in [0.1, 0.15) is 0 Å². The molecule has 0 atom stereocenters. The van der Waals surface area contributed by atoms with Crippen molar-refractivity contribution in [1.29, 1.82) is 0 Å². The third-order valence-electron chi connectivity index (χ3n) is 5.08. The Morgan fingerprint density at radius 2 is 1.28 bits per heavy atom. The number of benzene rings is 3. The monoisotopic (exact) mass is 318 g/mol. The molecule has 0 spiro atoms. The average molecular weight is 318 g/mol. The van der Waals surface area contributed by atoms with Crippen LogP contribution in [0.3, 0.4) is 0 Å². The lowest BCUT2D eigenvalue weighted by atomic mass is 10.1. The molecule has 6 rings (SSSR count). The van der Waals surface area contributed by atoms with E-state index < -0.39 is 0 Å². The highest BCUT2D eigenvalue weighted by molar-refractivity contribution is 6.02. The molecule has 6 aromatic rings. The van der Waals surface area contributed by atoms with Crippen LogP contribution in [0.25, 0.3) is 49.1 Å². The number of aromatic nitrogens is 2. The van der Waals surface area contributed by atoms with Crippen LogP contribution in [-0.4, -0.2) is 9.38 Å². The van der Waals surface area contributed by atoms with Crippen molar-refractivity contribution in [2.75, 3.05) is 0 Å². The fourth-order valence-corrected chi connectivity index (χ4v) is 3.88. The number of hydrogen-bond donors (Lipinski definition) is 0. The first-order chi connectivity index (χ1) is 12.4. The van der Waals surface area contributed by atoms with Gasteiger partial charge in [-0.15, -0.1) is 0 Å². The maximum Gasteiger partial charge on any atom is 0.145 e. The molecule has 0 bridgehead atoms. The minimum absolute atomic E-state index is 1.02. The quantitative estimate of drug-likeness (QED) is 0.316. The smallest absolute Gasteiger partial charge is 0.145 e. The summed E-state index contributed by atoms with van der Waals surface area (Å²) in [5.74, 6) is 0. The van der Waals surface area contributed by atoms with Crippen molar-refractivity contribution in [3.63, 3.8) is 0 Å². The summed E-state index contributed by atoms with van der Waals surface area (Å²) in [7, 11) is 0. The SMILES string of the molecule is c1ccc2cc3nc4c(ccc5cc6ccccc6n54)cc3cc2c1. The predicted molar refractivity (Wildman–Crippen MR) is 105 cm³/mol. The van der Waals surface area contributed by atoms with Crippen LogP contribution < -0.4 is 0 Å². The first-order valence-corrected chi connectivity index (χ1v) is 8.49. The first kappa shape index (κ1) is 13.0. The molecule has 0 saturated heterocycles. The van der Waals surface area contributed by atoms with E-state index in [0.29, 0.717) is 0 Å². The second-order valence-corrected chi connectivity index (χ2v) is 6.59. The van der Waals surface area contributed by atoms with Gasteiger partial charge in [-0.1, -0.05) is 42.5 Å². The van der Waals surface area contributed by atoms with Gasteiger partial charge in [-0.05, 0) is 53.2 Å². The molecular weight excluding hydrogens is 304 g/mol. The van der Waals surface area contributed by atoms with E-state index in [0.717, 1.165) is 16.6 Å². The number of fused-ring (bicyclic) bond motifs is 7. The van der Waals surface area contributed by atoms with Gasteiger partial charge in [-0.3, -0.25) is 4.40 Å². The van der Waals surface area contributed by atoms with Crippen LogP contribution in [0.5, 0.6) is 0 Å². The summed E-state index contributed by atoms with van der Waals surface area (Å²) in [4.78, 5) is 5.04. The highest BCUT2D eigenvalue weighted by Gasteiger charge is 2.09. The lowest BCUT2D eigenvalue weighted by Gasteiger charge is -2.07. The number of rotatable bonds is 0. The molecule has 0 N–H and O–H groups in total. The second kappa shape index (κ2) is 4.58. The molecule has 0 aliphatic carbocycles. The van der Waals surface area contributed by atoms with Crippen LogP contribution in [0.2, 0.25) is 0 Å². The van der Waals surface area contributed by atoms with Crippen LogP contribution in [-0.2, 0) is 0 Å². The molecule has 0 fully saturated rings. The maximum absolute atomic E-state index is 5.04. The van der Waals surface area contributed by atoms with Gasteiger partial charge in [0.1, 0.15) is 5.65 Å². The fraction of sp³-hybridized carbons (Fsp3) is 0. The fourth-order valence-electron chi connectivity index (χ4n) is 3.88. The van der Waals surface area contributed by atoms with Crippen molar-refractivity contribution < 1.29 is 0 Å². The van der Waals surface area contributed by atoms with E-state index in [-0.39, 0.29) is 0 Å². The zero-order valence-corrected chi connectivity index (χ0v) is 13.5. The number of pyridine rings is 2. The lowest BCUT2D eigenvalue weighted by molar-refractivity contribution is 1.27. The van der Waals surface area contributed by atoms with E-state index >= 15 is 0 Å². The molecule has 0 amide bonds. The minimum atomic E-state index is 1.02. The Bertz CT molecular complexity index is 1440. The summed E-state index contributed by atoms with van der Waals surface area (Å²) in [5, 5.41) is 6.07. The van der Waals surface area contributed by atoms with Gasteiger partial charge in [0.25, 0.3) is 0 Å². The zero-order chi connectivity index (χ0) is 16.4. The van der Waals surface area contributed by atoms with Crippen LogP contribution >= 0.6 is 0 Å². The van der Waals surface area contributed by atoms with Gasteiger partial charge in [0.05, 0.1) is 11.0 Å². The molecular formula is C23H14N2. The molecule has 0 radical (unpaired) electrons. The Kier molecular flexibility index (Phi) is 2.37. The number of para-hydroxylation sites is 1. The third-order valence-corrected chi connectivity index (χ3v) is 5.08. The largest absolute Gasteiger partial charge is 0.294 e. The number of hydrogen-bond acceptors (Lipinski definition) is 1. The summed E-state index contributed by atoms with van der Waals surface area (Å²) >= 11 is 0. The van der Waals surface area contributed by atoms with E-state index in [1.165, 1.54) is 32.6 Å². The Morgan fingerprint density at radius 3 is 2.16 bits per heavy atom. The van der Waals surface area contributed by atoms with Crippen molar-refractivity contribution >= 4 is 49.1 Å². The third kappa shape index (κ3) is 1.76. The second-order valence-electron chi connectivity index (χ2n) is 6.59. The van der Waals surface area contributed by atoms with E-state index in [4.69, 9.17) is 4.98 Å². The van der Waals surface area contributed by atoms with Crippen molar-refractivity contribution in [3.05, 3.63) is 84.9 Å². The van der Waals surface area contributed by atoms with E-state index in [1.54, 1.807) is 0 Å². The molecule has 3 aromatic carbocycles. The Hall–Kier alpha value is -3.39. The summed E-state index contributed by atoms with van der Waals surface area (Å²) < 4.78 is 2.26. The van der Waals surface area contributed by atoms with Gasteiger partial charge in [0.2, 0.25) is 0 Å². The lowest BCUT2D eigenvalue weighted by Crippen LogP contribution is -1.92. The average Bonchev–Trinajstić information content (AvgIpc) is 3.04. The van der Waals surface area contributed by atoms with Crippen LogP contribution in [0.15, 0.2) is 84.9 Å². The highest BCUT2D eigenvalue weighted by atomic mass is 15.0. The van der Waals surface area contributed by atoms with Crippen molar-refractivity contribution in [1.82, 2.24) is 9.38 Å². The minimum Gasteiger partial charge on any atom is -0.294 e. The zero-order valence-electron chi connectivity index (χ0n) is 13.5. The molecule has 0 unspecified atom stereocenters. The van der Waals surface area contributed by atoms with E-state index in [2.05, 4.69) is 89.3 Å². The Labute approximate surface area is 143 Å². The van der Waals surface area contributed by atoms with Crippen molar-refractivity contribution in [3.8, 4) is 0 Å². The normalized spacial score (nSPS) is 12.0. The van der Waals surface area contributed by atoms with Gasteiger partial charge >= 0.3 is 0 Å². The first-order valence-electron chi connectivity index (χ1n) is 8.49. The van der Waals surface area contributed by atoms with Crippen molar-refractivity contribution in [2.24, 2.45) is 0 Å². The number of nitrogens with zero attached hydrogens (tertiary/aromatic N) is 2. The Morgan fingerprint density at radius 1 is 0.560 bits per heavy atom. The van der Waals surface area contributed by atoms with Gasteiger partial charge in [0, 0.05) is 21.7 Å². The van der Waals surface area contributed by atoms with Crippen LogP contribution in [0.4, 0.5) is 0 Å². The molecule has 0 aliphatic heterocycles. The van der Waals surface area contributed by atoms with Crippen LogP contribution in [0, 0.1) is 0 Å². The van der Waals surface area contributed by atoms with Crippen molar-refractivity contribution in [2.45, 2.75) is 0 Å². The maximum atomic E-state index is 5.04. The summed E-state index contributed by atoms with van der Waals surface area (Å²) in [5.41, 5.74) is 4.44. The molecule has 3 aromatic heterocycles. The Balaban J connectivity index is 1.83. The summed E-state index contributed by atoms with van der Waals surface area (Å²) in [6.07, 6.45) is 0. The van der Waals surface area contributed by atoms with E-state index in [9.17, 15) is 0 Å². The van der Waals surface area contributed by atoms with E-state index in [1.807, 2.05) is 0 Å². The van der Waals surface area contributed by atoms with Gasteiger partial charge in [-0.25, -0.2) is 4.98 Å². The molecule has 2 nitrogen and oxygen atoms in total. The van der Waals surface area contributed by atoms with Gasteiger partial charge < -0.3 is 0 Å². The van der Waals surface area contributed by atoms with Gasteiger partial charge in [0.15, 0.2) is 0 Å².